The third-order valence-electron chi connectivity index (χ3n) is 3.55. The molecule has 0 bridgehead atoms. The molecule has 0 atom stereocenters. The molecule has 1 saturated heterocycles. The molecule has 1 spiro atoms. The van der Waals surface area contributed by atoms with Crippen molar-refractivity contribution in [3.8, 4) is 0 Å². The average molecular weight is 170 g/mol. The molecule has 0 radical (unpaired) electrons. The highest BCUT2D eigenvalue weighted by Crippen LogP contribution is 2.59. The van der Waals surface area contributed by atoms with Gasteiger partial charge in [-0.2, -0.15) is 0 Å². The second kappa shape index (κ2) is 2.05. The Bertz CT molecular complexity index is 190. The number of rotatable bonds is 0. The molecule has 2 fully saturated rings. The molecule has 2 aliphatic rings. The second-order valence-electron chi connectivity index (χ2n) is 5.63. The summed E-state index contributed by atoms with van der Waals surface area (Å²) in [5.41, 5.74) is -0.0490. The van der Waals surface area contributed by atoms with Crippen LogP contribution in [0.25, 0.3) is 0 Å². The first kappa shape index (κ1) is 8.52. The first-order chi connectivity index (χ1) is 5.37. The maximum atomic E-state index is 10.2. The van der Waals surface area contributed by atoms with Gasteiger partial charge in [0.2, 0.25) is 0 Å². The summed E-state index contributed by atoms with van der Waals surface area (Å²) in [6, 6.07) is 0. The molecular formula is C10H18O2. The molecular weight excluding hydrogens is 152 g/mol. The van der Waals surface area contributed by atoms with Crippen LogP contribution in [0.3, 0.4) is 0 Å². The fourth-order valence-corrected chi connectivity index (χ4v) is 2.31. The summed E-state index contributed by atoms with van der Waals surface area (Å²) in [6.45, 7) is 8.06. The second-order valence-corrected chi connectivity index (χ2v) is 5.63. The predicted octanol–water partition coefficient (Wildman–Crippen LogP) is 1.57. The molecule has 2 heteroatoms. The first-order valence-electron chi connectivity index (χ1n) is 4.67. The van der Waals surface area contributed by atoms with Crippen molar-refractivity contribution >= 4 is 0 Å². The summed E-state index contributed by atoms with van der Waals surface area (Å²) in [5.74, 6) is 0. The van der Waals surface area contributed by atoms with Crippen LogP contribution in [0, 0.1) is 10.8 Å². The lowest BCUT2D eigenvalue weighted by Crippen LogP contribution is -2.65. The van der Waals surface area contributed by atoms with E-state index in [9.17, 15) is 5.11 Å². The van der Waals surface area contributed by atoms with Gasteiger partial charge >= 0.3 is 0 Å². The van der Waals surface area contributed by atoms with Crippen LogP contribution >= 0.6 is 0 Å². The average Bonchev–Trinajstić information content (AvgIpc) is 1.73. The van der Waals surface area contributed by atoms with E-state index in [0.717, 1.165) is 26.1 Å². The zero-order valence-corrected chi connectivity index (χ0v) is 8.18. The van der Waals surface area contributed by atoms with E-state index in [1.165, 1.54) is 0 Å². The van der Waals surface area contributed by atoms with Crippen molar-refractivity contribution in [3.05, 3.63) is 0 Å². The van der Waals surface area contributed by atoms with Crippen molar-refractivity contribution in [1.29, 1.82) is 0 Å². The maximum absolute atomic E-state index is 10.2. The Morgan fingerprint density at radius 3 is 1.92 bits per heavy atom. The molecule has 1 aliphatic heterocycles. The van der Waals surface area contributed by atoms with Gasteiger partial charge in [0.1, 0.15) is 0 Å². The Morgan fingerprint density at radius 2 is 1.67 bits per heavy atom. The molecule has 1 saturated carbocycles. The van der Waals surface area contributed by atoms with Crippen LogP contribution in [0.2, 0.25) is 0 Å². The molecule has 2 rings (SSSR count). The van der Waals surface area contributed by atoms with Gasteiger partial charge < -0.3 is 9.84 Å². The minimum atomic E-state index is -0.434. The molecule has 0 unspecified atom stereocenters. The van der Waals surface area contributed by atoms with Crippen molar-refractivity contribution in [1.82, 2.24) is 0 Å². The number of hydrogen-bond donors (Lipinski definition) is 1. The molecule has 1 heterocycles. The summed E-state index contributed by atoms with van der Waals surface area (Å²) in [5, 5.41) is 10.2. The number of aliphatic hydroxyl groups is 1. The molecule has 1 aliphatic carbocycles. The molecule has 2 nitrogen and oxygen atoms in total. The minimum Gasteiger partial charge on any atom is -0.389 e. The molecule has 12 heavy (non-hydrogen) atoms. The minimum absolute atomic E-state index is 0.0217. The summed E-state index contributed by atoms with van der Waals surface area (Å²) >= 11 is 0. The lowest BCUT2D eigenvalue weighted by atomic mass is 9.50. The molecule has 70 valence electrons. The van der Waals surface area contributed by atoms with E-state index in [0.29, 0.717) is 5.41 Å². The van der Waals surface area contributed by atoms with Crippen LogP contribution in [0.1, 0.15) is 33.6 Å². The molecule has 0 aromatic rings. The summed E-state index contributed by atoms with van der Waals surface area (Å²) < 4.78 is 5.17. The highest BCUT2D eigenvalue weighted by atomic mass is 16.5. The highest BCUT2D eigenvalue weighted by molar-refractivity contribution is 5.11. The standard InChI is InChI=1S/C10H18O2/c1-8(2,3)10(11)4-9(5-10)6-12-7-9/h11H,4-7H2,1-3H3. The summed E-state index contributed by atoms with van der Waals surface area (Å²) in [4.78, 5) is 0. The van der Waals surface area contributed by atoms with E-state index >= 15 is 0 Å². The number of ether oxygens (including phenoxy) is 1. The first-order valence-corrected chi connectivity index (χ1v) is 4.67. The Hall–Kier alpha value is -0.0800. The van der Waals surface area contributed by atoms with Crippen LogP contribution in [-0.4, -0.2) is 23.9 Å². The van der Waals surface area contributed by atoms with Gasteiger partial charge in [-0.1, -0.05) is 20.8 Å². The Labute approximate surface area is 73.9 Å². The van der Waals surface area contributed by atoms with E-state index < -0.39 is 5.60 Å². The normalized spacial score (nSPS) is 31.0. The Morgan fingerprint density at radius 1 is 1.17 bits per heavy atom. The van der Waals surface area contributed by atoms with E-state index in [4.69, 9.17) is 4.74 Å². The fourth-order valence-electron chi connectivity index (χ4n) is 2.31. The van der Waals surface area contributed by atoms with Crippen molar-refractivity contribution in [2.75, 3.05) is 13.2 Å². The van der Waals surface area contributed by atoms with Crippen LogP contribution in [0.5, 0.6) is 0 Å². The van der Waals surface area contributed by atoms with Gasteiger partial charge in [0.15, 0.2) is 0 Å². The largest absolute Gasteiger partial charge is 0.389 e. The van der Waals surface area contributed by atoms with Crippen LogP contribution in [0.15, 0.2) is 0 Å². The molecule has 0 aromatic carbocycles. The van der Waals surface area contributed by atoms with Crippen LogP contribution < -0.4 is 0 Å². The van der Waals surface area contributed by atoms with Crippen molar-refractivity contribution in [3.63, 3.8) is 0 Å². The van der Waals surface area contributed by atoms with Gasteiger partial charge in [-0.3, -0.25) is 0 Å². The quantitative estimate of drug-likeness (QED) is 0.598. The monoisotopic (exact) mass is 170 g/mol. The Kier molecular flexibility index (Phi) is 1.45. The van der Waals surface area contributed by atoms with Gasteiger partial charge in [-0.25, -0.2) is 0 Å². The number of hydrogen-bond acceptors (Lipinski definition) is 2. The van der Waals surface area contributed by atoms with Gasteiger partial charge in [0.05, 0.1) is 18.8 Å². The predicted molar refractivity (Wildman–Crippen MR) is 46.9 cm³/mol. The zero-order chi connectivity index (χ0) is 9.04. The lowest BCUT2D eigenvalue weighted by molar-refractivity contribution is -0.270. The zero-order valence-electron chi connectivity index (χ0n) is 8.18. The van der Waals surface area contributed by atoms with Gasteiger partial charge in [0.25, 0.3) is 0 Å². The molecule has 0 amide bonds. The lowest BCUT2D eigenvalue weighted by Gasteiger charge is -2.62. The SMILES string of the molecule is CC(C)(C)C1(O)CC2(COC2)C1. The van der Waals surface area contributed by atoms with E-state index in [1.54, 1.807) is 0 Å². The third-order valence-corrected chi connectivity index (χ3v) is 3.55. The van der Waals surface area contributed by atoms with Crippen LogP contribution in [0.4, 0.5) is 0 Å². The fraction of sp³-hybridized carbons (Fsp3) is 1.00. The summed E-state index contributed by atoms with van der Waals surface area (Å²) in [6.07, 6.45) is 1.87. The maximum Gasteiger partial charge on any atom is 0.0709 e. The summed E-state index contributed by atoms with van der Waals surface area (Å²) in [7, 11) is 0. The van der Waals surface area contributed by atoms with E-state index in [2.05, 4.69) is 20.8 Å². The smallest absolute Gasteiger partial charge is 0.0709 e. The van der Waals surface area contributed by atoms with E-state index in [1.807, 2.05) is 0 Å². The third kappa shape index (κ3) is 0.944. The van der Waals surface area contributed by atoms with Crippen molar-refractivity contribution < 1.29 is 9.84 Å². The van der Waals surface area contributed by atoms with Gasteiger partial charge in [0, 0.05) is 5.41 Å². The van der Waals surface area contributed by atoms with Crippen molar-refractivity contribution in [2.45, 2.75) is 39.2 Å². The van der Waals surface area contributed by atoms with Crippen molar-refractivity contribution in [2.24, 2.45) is 10.8 Å². The Balaban J connectivity index is 2.01. The highest BCUT2D eigenvalue weighted by Gasteiger charge is 2.61. The van der Waals surface area contributed by atoms with E-state index in [-0.39, 0.29) is 5.41 Å². The van der Waals surface area contributed by atoms with Crippen LogP contribution in [-0.2, 0) is 4.74 Å². The van der Waals surface area contributed by atoms with Gasteiger partial charge in [-0.05, 0) is 18.3 Å². The molecule has 0 aromatic heterocycles. The van der Waals surface area contributed by atoms with Gasteiger partial charge in [-0.15, -0.1) is 0 Å². The topological polar surface area (TPSA) is 29.5 Å². The molecule has 1 N–H and O–H groups in total.